The number of likely N-dealkylation sites (N-methyl/N-ethyl adjacent to an activating group) is 1. The van der Waals surface area contributed by atoms with Crippen molar-refractivity contribution in [1.29, 1.82) is 0 Å². The fourth-order valence-electron chi connectivity index (χ4n) is 3.26. The Morgan fingerprint density at radius 1 is 1.40 bits per heavy atom. The number of nitrogens with one attached hydrogen (secondary N) is 1. The fourth-order valence-corrected chi connectivity index (χ4v) is 3.26. The second-order valence-corrected chi connectivity index (χ2v) is 5.49. The van der Waals surface area contributed by atoms with Gasteiger partial charge in [-0.25, -0.2) is 0 Å². The summed E-state index contributed by atoms with van der Waals surface area (Å²) in [6, 6.07) is 9.17. The van der Waals surface area contributed by atoms with E-state index in [-0.39, 0.29) is 0 Å². The normalized spacial score (nSPS) is 19.6. The van der Waals surface area contributed by atoms with Crippen LogP contribution in [0.15, 0.2) is 24.3 Å². The van der Waals surface area contributed by atoms with Crippen LogP contribution in [0.4, 0.5) is 0 Å². The third kappa shape index (κ3) is 2.58. The van der Waals surface area contributed by atoms with Crippen molar-refractivity contribution in [1.82, 2.24) is 25.5 Å². The summed E-state index contributed by atoms with van der Waals surface area (Å²) in [5.74, 6) is 1.35. The molecule has 2 aromatic rings. The number of nitrogens with zero attached hydrogens (tertiary/aromatic N) is 4. The summed E-state index contributed by atoms with van der Waals surface area (Å²) in [4.78, 5) is 1.52. The highest BCUT2D eigenvalue weighted by atomic mass is 15.6. The first-order chi connectivity index (χ1) is 9.78. The van der Waals surface area contributed by atoms with Crippen LogP contribution >= 0.6 is 0 Å². The van der Waals surface area contributed by atoms with E-state index < -0.39 is 0 Å². The third-order valence-electron chi connectivity index (χ3n) is 4.22. The lowest BCUT2D eigenvalue weighted by molar-refractivity contribution is 0.405. The van der Waals surface area contributed by atoms with Crippen molar-refractivity contribution >= 4 is 0 Å². The monoisotopic (exact) mass is 271 g/mol. The van der Waals surface area contributed by atoms with Crippen LogP contribution in [0.25, 0.3) is 0 Å². The highest BCUT2D eigenvalue weighted by molar-refractivity contribution is 5.33. The summed E-state index contributed by atoms with van der Waals surface area (Å²) in [5, 5.41) is 15.8. The Morgan fingerprint density at radius 3 is 3.00 bits per heavy atom. The molecule has 1 aromatic heterocycles. The van der Waals surface area contributed by atoms with Crippen LogP contribution in [-0.2, 0) is 19.9 Å². The van der Waals surface area contributed by atoms with Crippen LogP contribution < -0.4 is 5.32 Å². The molecule has 106 valence electrons. The van der Waals surface area contributed by atoms with Crippen molar-refractivity contribution < 1.29 is 0 Å². The van der Waals surface area contributed by atoms with E-state index in [0.29, 0.717) is 12.0 Å². The number of hydrogen-bond donors (Lipinski definition) is 1. The fraction of sp³-hybridized carbons (Fsp3) is 0.533. The predicted molar refractivity (Wildman–Crippen MR) is 77.5 cm³/mol. The van der Waals surface area contributed by atoms with E-state index in [1.54, 1.807) is 7.05 Å². The van der Waals surface area contributed by atoms with Crippen LogP contribution in [0.3, 0.4) is 0 Å². The molecule has 1 N–H and O–H groups in total. The van der Waals surface area contributed by atoms with Gasteiger partial charge in [-0.3, -0.25) is 0 Å². The molecule has 0 bridgehead atoms. The SMILES string of the molecule is CNC(Cc1nnn(C)n1)C1CCCc2ccccc21. The van der Waals surface area contributed by atoms with E-state index in [2.05, 4.69) is 45.0 Å². The highest BCUT2D eigenvalue weighted by Gasteiger charge is 2.27. The topological polar surface area (TPSA) is 55.6 Å². The molecule has 2 unspecified atom stereocenters. The minimum Gasteiger partial charge on any atom is -0.316 e. The molecule has 0 radical (unpaired) electrons. The Bertz CT molecular complexity index is 577. The minimum atomic E-state index is 0.362. The first kappa shape index (κ1) is 13.2. The standard InChI is InChI=1S/C15H21N5/c1-16-14(10-15-17-19-20(2)18-15)13-9-5-7-11-6-3-4-8-12(11)13/h3-4,6,8,13-14,16H,5,7,9-10H2,1-2H3. The predicted octanol–water partition coefficient (Wildman–Crippen LogP) is 1.46. The minimum absolute atomic E-state index is 0.362. The molecule has 1 aliphatic rings. The number of aryl methyl sites for hydroxylation is 2. The van der Waals surface area contributed by atoms with Crippen molar-refractivity contribution in [2.24, 2.45) is 7.05 Å². The first-order valence-corrected chi connectivity index (χ1v) is 7.26. The van der Waals surface area contributed by atoms with E-state index >= 15 is 0 Å². The van der Waals surface area contributed by atoms with E-state index in [0.717, 1.165) is 12.2 Å². The molecule has 0 amide bonds. The van der Waals surface area contributed by atoms with Crippen LogP contribution in [0.5, 0.6) is 0 Å². The Labute approximate surface area is 119 Å². The first-order valence-electron chi connectivity index (χ1n) is 7.26. The molecule has 3 rings (SSSR count). The van der Waals surface area contributed by atoms with Gasteiger partial charge in [-0.05, 0) is 48.6 Å². The summed E-state index contributed by atoms with van der Waals surface area (Å²) in [5.41, 5.74) is 2.98. The zero-order valence-corrected chi connectivity index (χ0v) is 12.1. The average molecular weight is 271 g/mol. The lowest BCUT2D eigenvalue weighted by Gasteiger charge is -2.31. The number of benzene rings is 1. The Hall–Kier alpha value is -1.75. The van der Waals surface area contributed by atoms with Crippen LogP contribution in [0, 0.1) is 0 Å². The van der Waals surface area contributed by atoms with Gasteiger partial charge in [0.1, 0.15) is 0 Å². The molecule has 0 saturated heterocycles. The van der Waals surface area contributed by atoms with Crippen LogP contribution in [0.1, 0.15) is 35.7 Å². The third-order valence-corrected chi connectivity index (χ3v) is 4.22. The molecule has 5 heteroatoms. The van der Waals surface area contributed by atoms with E-state index in [4.69, 9.17) is 0 Å². The zero-order valence-electron chi connectivity index (χ0n) is 12.1. The summed E-state index contributed by atoms with van der Waals surface area (Å²) >= 11 is 0. The molecular weight excluding hydrogens is 250 g/mol. The molecule has 2 atom stereocenters. The smallest absolute Gasteiger partial charge is 0.176 e. The van der Waals surface area contributed by atoms with Crippen molar-refractivity contribution in [2.45, 2.75) is 37.6 Å². The lowest BCUT2D eigenvalue weighted by atomic mass is 9.78. The van der Waals surface area contributed by atoms with Gasteiger partial charge in [0.15, 0.2) is 5.82 Å². The molecule has 1 heterocycles. The van der Waals surface area contributed by atoms with E-state index in [1.165, 1.54) is 35.2 Å². The maximum Gasteiger partial charge on any atom is 0.176 e. The molecule has 0 saturated carbocycles. The molecule has 1 aromatic carbocycles. The maximum absolute atomic E-state index is 4.30. The molecule has 0 spiro atoms. The van der Waals surface area contributed by atoms with Crippen molar-refractivity contribution in [3.05, 3.63) is 41.2 Å². The summed E-state index contributed by atoms with van der Waals surface area (Å²) < 4.78 is 0. The number of hydrogen-bond acceptors (Lipinski definition) is 4. The molecule has 1 aliphatic carbocycles. The van der Waals surface area contributed by atoms with Gasteiger partial charge < -0.3 is 5.32 Å². The van der Waals surface area contributed by atoms with Gasteiger partial charge >= 0.3 is 0 Å². The summed E-state index contributed by atoms with van der Waals surface area (Å²) in [6.07, 6.45) is 4.51. The van der Waals surface area contributed by atoms with Gasteiger partial charge in [0.05, 0.1) is 7.05 Å². The number of tetrazole rings is 1. The van der Waals surface area contributed by atoms with Crippen LogP contribution in [0.2, 0.25) is 0 Å². The largest absolute Gasteiger partial charge is 0.316 e. The van der Waals surface area contributed by atoms with Gasteiger partial charge in [0, 0.05) is 12.5 Å². The molecule has 0 fully saturated rings. The zero-order chi connectivity index (χ0) is 13.9. The number of rotatable bonds is 4. The van der Waals surface area contributed by atoms with Gasteiger partial charge in [-0.2, -0.15) is 4.80 Å². The van der Waals surface area contributed by atoms with Crippen molar-refractivity contribution in [3.63, 3.8) is 0 Å². The van der Waals surface area contributed by atoms with Crippen LogP contribution in [-0.4, -0.2) is 33.3 Å². The molecular formula is C15H21N5. The Morgan fingerprint density at radius 2 is 2.25 bits per heavy atom. The molecule has 0 aliphatic heterocycles. The van der Waals surface area contributed by atoms with Crippen molar-refractivity contribution in [3.8, 4) is 0 Å². The van der Waals surface area contributed by atoms with E-state index in [1.807, 2.05) is 7.05 Å². The number of fused-ring (bicyclic) bond motifs is 1. The molecule has 20 heavy (non-hydrogen) atoms. The summed E-state index contributed by atoms with van der Waals surface area (Å²) in [7, 11) is 3.83. The Kier molecular flexibility index (Phi) is 3.78. The lowest BCUT2D eigenvalue weighted by Crippen LogP contribution is -2.36. The molecule has 5 nitrogen and oxygen atoms in total. The summed E-state index contributed by atoms with van der Waals surface area (Å²) in [6.45, 7) is 0. The van der Waals surface area contributed by atoms with Gasteiger partial charge in [-0.15, -0.1) is 10.2 Å². The van der Waals surface area contributed by atoms with Gasteiger partial charge in [-0.1, -0.05) is 24.3 Å². The van der Waals surface area contributed by atoms with Crippen molar-refractivity contribution in [2.75, 3.05) is 7.05 Å². The number of aromatic nitrogens is 4. The highest BCUT2D eigenvalue weighted by Crippen LogP contribution is 2.34. The second kappa shape index (κ2) is 5.71. The maximum atomic E-state index is 4.30. The second-order valence-electron chi connectivity index (χ2n) is 5.49. The quantitative estimate of drug-likeness (QED) is 0.914. The average Bonchev–Trinajstić information content (AvgIpc) is 2.89. The van der Waals surface area contributed by atoms with Gasteiger partial charge in [0.25, 0.3) is 0 Å². The Balaban J connectivity index is 1.83. The van der Waals surface area contributed by atoms with Gasteiger partial charge in [0.2, 0.25) is 0 Å². The van der Waals surface area contributed by atoms with E-state index in [9.17, 15) is 0 Å².